The molecule has 0 bridgehead atoms. The molecule has 2 aliphatic rings. The smallest absolute Gasteiger partial charge is 0.251 e. The van der Waals surface area contributed by atoms with Crippen LogP contribution in [0.25, 0.3) is 11.1 Å². The minimum atomic E-state index is -0.219. The first-order valence-electron chi connectivity index (χ1n) is 8.93. The lowest BCUT2D eigenvalue weighted by atomic mass is 9.89. The van der Waals surface area contributed by atoms with Crippen LogP contribution in [-0.4, -0.2) is 51.6 Å². The molecule has 25 heavy (non-hydrogen) atoms. The number of ether oxygens (including phenoxy) is 1. The molecule has 0 unspecified atom stereocenters. The molecule has 2 aliphatic heterocycles. The van der Waals surface area contributed by atoms with E-state index in [1.807, 2.05) is 23.2 Å². The Bertz CT molecular complexity index is 723. The van der Waals surface area contributed by atoms with E-state index in [2.05, 4.69) is 15.0 Å². The summed E-state index contributed by atoms with van der Waals surface area (Å²) in [7, 11) is 0. The molecule has 2 aromatic heterocycles. The van der Waals surface area contributed by atoms with Crippen LogP contribution >= 0.6 is 0 Å². The minimum Gasteiger partial charge on any atom is -0.368 e. The number of carbonyl (C=O) groups is 1. The Hall–Kier alpha value is -2.34. The predicted molar refractivity (Wildman–Crippen MR) is 92.8 cm³/mol. The average molecular weight is 338 g/mol. The Kier molecular flexibility index (Phi) is 4.70. The SMILES string of the molecule is O=C([C@H]1CCCO1)N1CCC(c2ncncc2-c2ccncc2)CC1. The predicted octanol–water partition coefficient (Wildman–Crippen LogP) is 2.42. The van der Waals surface area contributed by atoms with E-state index in [9.17, 15) is 4.79 Å². The molecule has 0 aromatic carbocycles. The molecule has 0 radical (unpaired) electrons. The number of hydrogen-bond donors (Lipinski definition) is 0. The average Bonchev–Trinajstić information content (AvgIpc) is 3.23. The van der Waals surface area contributed by atoms with Gasteiger partial charge in [-0.05, 0) is 43.4 Å². The monoisotopic (exact) mass is 338 g/mol. The number of carbonyl (C=O) groups excluding carboxylic acids is 1. The number of nitrogens with zero attached hydrogens (tertiary/aromatic N) is 4. The minimum absolute atomic E-state index is 0.160. The van der Waals surface area contributed by atoms with Gasteiger partial charge in [0, 0.05) is 49.8 Å². The van der Waals surface area contributed by atoms with Crippen molar-refractivity contribution in [2.24, 2.45) is 0 Å². The third kappa shape index (κ3) is 3.39. The molecule has 4 heterocycles. The number of hydrogen-bond acceptors (Lipinski definition) is 5. The Morgan fingerprint density at radius 1 is 1.12 bits per heavy atom. The molecule has 0 aliphatic carbocycles. The quantitative estimate of drug-likeness (QED) is 0.860. The fourth-order valence-electron chi connectivity index (χ4n) is 3.77. The molecule has 1 amide bonds. The second kappa shape index (κ2) is 7.27. The Balaban J connectivity index is 1.47. The molecule has 6 nitrogen and oxygen atoms in total. The molecular weight excluding hydrogens is 316 g/mol. The van der Waals surface area contributed by atoms with Crippen molar-refractivity contribution in [2.45, 2.75) is 37.7 Å². The van der Waals surface area contributed by atoms with E-state index in [0.717, 1.165) is 55.6 Å². The first kappa shape index (κ1) is 16.1. The lowest BCUT2D eigenvalue weighted by Crippen LogP contribution is -2.43. The number of piperidine rings is 1. The number of likely N-dealkylation sites (tertiary alicyclic amines) is 1. The van der Waals surface area contributed by atoms with Gasteiger partial charge in [0.1, 0.15) is 12.4 Å². The van der Waals surface area contributed by atoms with Crippen LogP contribution in [0.1, 0.15) is 37.3 Å². The summed E-state index contributed by atoms with van der Waals surface area (Å²) in [5.41, 5.74) is 3.22. The van der Waals surface area contributed by atoms with E-state index in [1.54, 1.807) is 18.7 Å². The molecule has 4 rings (SSSR count). The topological polar surface area (TPSA) is 68.2 Å². The third-order valence-electron chi connectivity index (χ3n) is 5.13. The van der Waals surface area contributed by atoms with Crippen LogP contribution < -0.4 is 0 Å². The Labute approximate surface area is 147 Å². The van der Waals surface area contributed by atoms with Crippen molar-refractivity contribution < 1.29 is 9.53 Å². The Morgan fingerprint density at radius 2 is 1.92 bits per heavy atom. The molecule has 2 aromatic rings. The van der Waals surface area contributed by atoms with Crippen LogP contribution in [0.5, 0.6) is 0 Å². The van der Waals surface area contributed by atoms with Gasteiger partial charge in [-0.1, -0.05) is 0 Å². The number of rotatable bonds is 3. The highest BCUT2D eigenvalue weighted by Gasteiger charge is 2.32. The van der Waals surface area contributed by atoms with E-state index in [1.165, 1.54) is 0 Å². The maximum absolute atomic E-state index is 12.5. The van der Waals surface area contributed by atoms with Crippen molar-refractivity contribution in [1.82, 2.24) is 19.9 Å². The normalized spacial score (nSPS) is 21.4. The summed E-state index contributed by atoms with van der Waals surface area (Å²) in [5.74, 6) is 0.507. The fourth-order valence-corrected chi connectivity index (χ4v) is 3.77. The largest absolute Gasteiger partial charge is 0.368 e. The van der Waals surface area contributed by atoms with Crippen LogP contribution in [0.2, 0.25) is 0 Å². The molecule has 0 spiro atoms. The van der Waals surface area contributed by atoms with E-state index < -0.39 is 0 Å². The third-order valence-corrected chi connectivity index (χ3v) is 5.13. The van der Waals surface area contributed by atoms with Gasteiger partial charge in [-0.15, -0.1) is 0 Å². The van der Waals surface area contributed by atoms with E-state index in [-0.39, 0.29) is 12.0 Å². The molecule has 2 fully saturated rings. The molecule has 6 heteroatoms. The van der Waals surface area contributed by atoms with E-state index in [0.29, 0.717) is 12.5 Å². The summed E-state index contributed by atoms with van der Waals surface area (Å²) < 4.78 is 5.54. The summed E-state index contributed by atoms with van der Waals surface area (Å²) in [6, 6.07) is 3.97. The summed E-state index contributed by atoms with van der Waals surface area (Å²) in [6.07, 6.45) is 10.5. The second-order valence-corrected chi connectivity index (χ2v) is 6.66. The van der Waals surface area contributed by atoms with Crippen LogP contribution in [0, 0.1) is 0 Å². The maximum atomic E-state index is 12.5. The number of amides is 1. The summed E-state index contributed by atoms with van der Waals surface area (Å²) in [5, 5.41) is 0. The zero-order valence-electron chi connectivity index (χ0n) is 14.2. The van der Waals surface area contributed by atoms with Gasteiger partial charge in [-0.2, -0.15) is 0 Å². The van der Waals surface area contributed by atoms with E-state index in [4.69, 9.17) is 4.74 Å². The fraction of sp³-hybridized carbons (Fsp3) is 0.474. The van der Waals surface area contributed by atoms with Gasteiger partial charge in [-0.25, -0.2) is 9.97 Å². The van der Waals surface area contributed by atoms with Crippen LogP contribution in [0.4, 0.5) is 0 Å². The lowest BCUT2D eigenvalue weighted by molar-refractivity contribution is -0.142. The van der Waals surface area contributed by atoms with Crippen molar-refractivity contribution in [3.05, 3.63) is 42.7 Å². The lowest BCUT2D eigenvalue weighted by Gasteiger charge is -2.33. The highest BCUT2D eigenvalue weighted by atomic mass is 16.5. The van der Waals surface area contributed by atoms with Crippen molar-refractivity contribution >= 4 is 5.91 Å². The van der Waals surface area contributed by atoms with Gasteiger partial charge in [0.05, 0.1) is 5.69 Å². The summed E-state index contributed by atoms with van der Waals surface area (Å²) in [4.78, 5) is 27.3. The van der Waals surface area contributed by atoms with Crippen molar-refractivity contribution in [2.75, 3.05) is 19.7 Å². The molecule has 1 atom stereocenters. The summed E-state index contributed by atoms with van der Waals surface area (Å²) >= 11 is 0. The molecule has 130 valence electrons. The van der Waals surface area contributed by atoms with Gasteiger partial charge >= 0.3 is 0 Å². The first-order chi connectivity index (χ1) is 12.3. The van der Waals surface area contributed by atoms with Crippen molar-refractivity contribution in [1.29, 1.82) is 0 Å². The van der Waals surface area contributed by atoms with Gasteiger partial charge in [0.25, 0.3) is 5.91 Å². The highest BCUT2D eigenvalue weighted by molar-refractivity contribution is 5.81. The molecule has 2 saturated heterocycles. The number of aromatic nitrogens is 3. The second-order valence-electron chi connectivity index (χ2n) is 6.66. The standard InChI is InChI=1S/C19H22N4O2/c24-19(17-2-1-11-25-17)23-9-5-15(6-10-23)18-16(12-21-13-22-18)14-3-7-20-8-4-14/h3-4,7-8,12-13,15,17H,1-2,5-6,9-11H2/t17-/m1/s1. The van der Waals surface area contributed by atoms with Gasteiger partial charge in [0.2, 0.25) is 0 Å². The Morgan fingerprint density at radius 3 is 2.64 bits per heavy atom. The zero-order valence-corrected chi connectivity index (χ0v) is 14.2. The highest BCUT2D eigenvalue weighted by Crippen LogP contribution is 2.33. The van der Waals surface area contributed by atoms with Gasteiger partial charge < -0.3 is 9.64 Å². The van der Waals surface area contributed by atoms with Crippen LogP contribution in [-0.2, 0) is 9.53 Å². The zero-order chi connectivity index (χ0) is 17.1. The van der Waals surface area contributed by atoms with E-state index >= 15 is 0 Å². The van der Waals surface area contributed by atoms with Crippen molar-refractivity contribution in [3.63, 3.8) is 0 Å². The van der Waals surface area contributed by atoms with Gasteiger partial charge in [-0.3, -0.25) is 9.78 Å². The molecule has 0 N–H and O–H groups in total. The van der Waals surface area contributed by atoms with Gasteiger partial charge in [0.15, 0.2) is 0 Å². The van der Waals surface area contributed by atoms with Crippen LogP contribution in [0.3, 0.4) is 0 Å². The maximum Gasteiger partial charge on any atom is 0.251 e. The number of pyridine rings is 1. The molecule has 0 saturated carbocycles. The molecular formula is C19H22N4O2. The van der Waals surface area contributed by atoms with Crippen LogP contribution in [0.15, 0.2) is 37.1 Å². The first-order valence-corrected chi connectivity index (χ1v) is 8.93. The van der Waals surface area contributed by atoms with Crippen molar-refractivity contribution in [3.8, 4) is 11.1 Å². The summed E-state index contributed by atoms with van der Waals surface area (Å²) in [6.45, 7) is 2.25.